The van der Waals surface area contributed by atoms with E-state index in [0.29, 0.717) is 16.4 Å². The highest BCUT2D eigenvalue weighted by Gasteiger charge is 2.14. The van der Waals surface area contributed by atoms with Crippen LogP contribution in [-0.2, 0) is 6.54 Å². The van der Waals surface area contributed by atoms with Gasteiger partial charge in [-0.15, -0.1) is 11.3 Å². The van der Waals surface area contributed by atoms with Crippen LogP contribution in [-0.4, -0.2) is 10.5 Å². The number of nitrogen functional groups attached to an aromatic ring is 1. The molecule has 0 radical (unpaired) electrons. The number of fused-ring (bicyclic) bond motifs is 1. The fourth-order valence-electron chi connectivity index (χ4n) is 2.24. The molecule has 0 aliphatic rings. The molecular weight excluding hydrogens is 294 g/mol. The maximum absolute atomic E-state index is 11.7. The van der Waals surface area contributed by atoms with Crippen molar-refractivity contribution in [3.8, 4) is 0 Å². The molecule has 6 heteroatoms. The Bertz CT molecular complexity index is 778. The molecule has 3 N–H and O–H groups in total. The molecule has 1 amide bonds. The highest BCUT2D eigenvalue weighted by molar-refractivity contribution is 7.12. The Labute approximate surface area is 124 Å². The molecule has 0 saturated carbocycles. The van der Waals surface area contributed by atoms with Gasteiger partial charge in [0.2, 0.25) is 0 Å². The van der Waals surface area contributed by atoms with Crippen LogP contribution in [0, 0.1) is 0 Å². The molecule has 3 rings (SSSR count). The van der Waals surface area contributed by atoms with Crippen molar-refractivity contribution in [1.29, 1.82) is 0 Å². The second-order valence-corrected chi connectivity index (χ2v) is 5.69. The lowest BCUT2D eigenvalue weighted by Crippen LogP contribution is -2.30. The van der Waals surface area contributed by atoms with E-state index >= 15 is 0 Å². The predicted octanol–water partition coefficient (Wildman–Crippen LogP) is 3.01. The molecular formula is C14H12ClN3OS. The molecule has 0 fully saturated rings. The maximum atomic E-state index is 11.7. The zero-order valence-electron chi connectivity index (χ0n) is 10.5. The molecule has 0 spiro atoms. The number of amides is 1. The fraction of sp³-hybridized carbons (Fsp3) is 0.0714. The van der Waals surface area contributed by atoms with Gasteiger partial charge in [-0.1, -0.05) is 29.8 Å². The number of halogens is 1. The van der Waals surface area contributed by atoms with E-state index in [1.807, 2.05) is 46.5 Å². The van der Waals surface area contributed by atoms with Crippen molar-refractivity contribution in [2.45, 2.75) is 6.54 Å². The van der Waals surface area contributed by atoms with Crippen LogP contribution >= 0.6 is 22.9 Å². The zero-order chi connectivity index (χ0) is 14.1. The molecule has 1 aromatic carbocycles. The third-order valence-corrected chi connectivity index (χ3v) is 4.42. The quantitative estimate of drug-likeness (QED) is 0.444. The Balaban J connectivity index is 2.02. The van der Waals surface area contributed by atoms with E-state index in [0.717, 1.165) is 16.5 Å². The molecule has 2 aromatic heterocycles. The Morgan fingerprint density at radius 3 is 2.95 bits per heavy atom. The van der Waals surface area contributed by atoms with E-state index < -0.39 is 0 Å². The molecule has 0 atom stereocenters. The SMILES string of the molecule is NNC(=O)c1sccc1Cn1cc(Cl)c2ccccc21. The van der Waals surface area contributed by atoms with Crippen molar-refractivity contribution >= 4 is 39.7 Å². The van der Waals surface area contributed by atoms with Crippen LogP contribution in [0.3, 0.4) is 0 Å². The Morgan fingerprint density at radius 1 is 1.35 bits per heavy atom. The maximum Gasteiger partial charge on any atom is 0.275 e. The van der Waals surface area contributed by atoms with Gasteiger partial charge in [0.05, 0.1) is 9.90 Å². The van der Waals surface area contributed by atoms with Crippen molar-refractivity contribution in [2.24, 2.45) is 5.84 Å². The van der Waals surface area contributed by atoms with Gasteiger partial charge in [0, 0.05) is 23.6 Å². The van der Waals surface area contributed by atoms with Crippen LogP contribution < -0.4 is 11.3 Å². The highest BCUT2D eigenvalue weighted by atomic mass is 35.5. The summed E-state index contributed by atoms with van der Waals surface area (Å²) in [4.78, 5) is 12.3. The van der Waals surface area contributed by atoms with Gasteiger partial charge in [0.25, 0.3) is 5.91 Å². The number of hydrazine groups is 1. The summed E-state index contributed by atoms with van der Waals surface area (Å²) in [7, 11) is 0. The number of hydrogen-bond acceptors (Lipinski definition) is 3. The number of para-hydroxylation sites is 1. The Kier molecular flexibility index (Phi) is 3.48. The molecule has 2 heterocycles. The summed E-state index contributed by atoms with van der Waals surface area (Å²) in [5.74, 6) is 4.93. The van der Waals surface area contributed by atoms with E-state index in [2.05, 4.69) is 5.43 Å². The molecule has 102 valence electrons. The van der Waals surface area contributed by atoms with E-state index in [1.54, 1.807) is 0 Å². The van der Waals surface area contributed by atoms with Gasteiger partial charge in [-0.2, -0.15) is 0 Å². The van der Waals surface area contributed by atoms with E-state index in [9.17, 15) is 4.79 Å². The van der Waals surface area contributed by atoms with Crippen molar-refractivity contribution in [3.05, 3.63) is 57.4 Å². The van der Waals surface area contributed by atoms with Crippen molar-refractivity contribution in [3.63, 3.8) is 0 Å². The topological polar surface area (TPSA) is 60.0 Å². The first-order valence-electron chi connectivity index (χ1n) is 6.01. The van der Waals surface area contributed by atoms with Gasteiger partial charge in [0.15, 0.2) is 0 Å². The smallest absolute Gasteiger partial charge is 0.275 e. The van der Waals surface area contributed by atoms with Crippen LogP contribution in [0.1, 0.15) is 15.2 Å². The summed E-state index contributed by atoms with van der Waals surface area (Å²) in [6.07, 6.45) is 1.88. The molecule has 4 nitrogen and oxygen atoms in total. The number of nitrogens with zero attached hydrogens (tertiary/aromatic N) is 1. The van der Waals surface area contributed by atoms with Crippen molar-refractivity contribution < 1.29 is 4.79 Å². The first-order chi connectivity index (χ1) is 9.70. The summed E-state index contributed by atoms with van der Waals surface area (Å²) in [5.41, 5.74) is 4.14. The van der Waals surface area contributed by atoms with E-state index in [-0.39, 0.29) is 5.91 Å². The summed E-state index contributed by atoms with van der Waals surface area (Å²) in [6.45, 7) is 0.583. The highest BCUT2D eigenvalue weighted by Crippen LogP contribution is 2.27. The summed E-state index contributed by atoms with van der Waals surface area (Å²) < 4.78 is 2.03. The van der Waals surface area contributed by atoms with Crippen LogP contribution in [0.5, 0.6) is 0 Å². The third-order valence-electron chi connectivity index (χ3n) is 3.16. The monoisotopic (exact) mass is 305 g/mol. The molecule has 0 aliphatic heterocycles. The lowest BCUT2D eigenvalue weighted by molar-refractivity contribution is 0.0957. The number of carbonyl (C=O) groups excluding carboxylic acids is 1. The summed E-state index contributed by atoms with van der Waals surface area (Å²) in [6, 6.07) is 9.84. The van der Waals surface area contributed by atoms with Crippen molar-refractivity contribution in [2.75, 3.05) is 0 Å². The number of hydrogen-bond donors (Lipinski definition) is 2. The Hall–Kier alpha value is -1.82. The van der Waals surface area contributed by atoms with E-state index in [4.69, 9.17) is 17.4 Å². The number of rotatable bonds is 3. The molecule has 20 heavy (non-hydrogen) atoms. The third kappa shape index (κ3) is 2.20. The fourth-order valence-corrected chi connectivity index (χ4v) is 3.34. The van der Waals surface area contributed by atoms with Crippen LogP contribution in [0.4, 0.5) is 0 Å². The number of aromatic nitrogens is 1. The molecule has 0 saturated heterocycles. The minimum atomic E-state index is -0.266. The van der Waals surface area contributed by atoms with Gasteiger partial charge in [-0.25, -0.2) is 5.84 Å². The van der Waals surface area contributed by atoms with Gasteiger partial charge in [0.1, 0.15) is 0 Å². The lowest BCUT2D eigenvalue weighted by atomic mass is 10.2. The normalized spacial score (nSPS) is 10.9. The number of benzene rings is 1. The first kappa shape index (κ1) is 13.2. The standard InChI is InChI=1S/C14H12ClN3OS/c15-11-8-18(12-4-2-1-3-10(11)12)7-9-5-6-20-13(9)14(19)17-16/h1-6,8H,7,16H2,(H,17,19). The van der Waals surface area contributed by atoms with Gasteiger partial charge in [-0.05, 0) is 23.1 Å². The number of thiophene rings is 1. The van der Waals surface area contributed by atoms with Crippen LogP contribution in [0.2, 0.25) is 5.02 Å². The van der Waals surface area contributed by atoms with Crippen molar-refractivity contribution in [1.82, 2.24) is 9.99 Å². The van der Waals surface area contributed by atoms with Crippen LogP contribution in [0.15, 0.2) is 41.9 Å². The van der Waals surface area contributed by atoms with Gasteiger partial charge >= 0.3 is 0 Å². The molecule has 0 aliphatic carbocycles. The molecule has 0 bridgehead atoms. The molecule has 0 unspecified atom stereocenters. The minimum absolute atomic E-state index is 0.266. The van der Waals surface area contributed by atoms with Gasteiger partial charge in [-0.3, -0.25) is 10.2 Å². The lowest BCUT2D eigenvalue weighted by Gasteiger charge is -2.06. The average molecular weight is 306 g/mol. The average Bonchev–Trinajstić information content (AvgIpc) is 3.05. The minimum Gasteiger partial charge on any atom is -0.341 e. The summed E-state index contributed by atoms with van der Waals surface area (Å²) >= 11 is 7.61. The van der Waals surface area contributed by atoms with Crippen LogP contribution in [0.25, 0.3) is 10.9 Å². The Morgan fingerprint density at radius 2 is 2.15 bits per heavy atom. The first-order valence-corrected chi connectivity index (χ1v) is 7.27. The number of carbonyl (C=O) groups is 1. The predicted molar refractivity (Wildman–Crippen MR) is 82.0 cm³/mol. The number of nitrogens with one attached hydrogen (secondary N) is 1. The number of nitrogens with two attached hydrogens (primary N) is 1. The second kappa shape index (κ2) is 5.28. The molecule has 3 aromatic rings. The second-order valence-electron chi connectivity index (χ2n) is 4.37. The van der Waals surface area contributed by atoms with E-state index in [1.165, 1.54) is 11.3 Å². The van der Waals surface area contributed by atoms with Gasteiger partial charge < -0.3 is 4.57 Å². The zero-order valence-corrected chi connectivity index (χ0v) is 12.0. The largest absolute Gasteiger partial charge is 0.341 e. The summed E-state index contributed by atoms with van der Waals surface area (Å²) in [5, 5.41) is 3.60.